The fourth-order valence-corrected chi connectivity index (χ4v) is 1.84. The van der Waals surface area contributed by atoms with Crippen LogP contribution in [0.3, 0.4) is 0 Å². The number of aliphatic carboxylic acids is 1. The van der Waals surface area contributed by atoms with Gasteiger partial charge in [0, 0.05) is 18.8 Å². The van der Waals surface area contributed by atoms with E-state index in [1.165, 1.54) is 0 Å². The highest BCUT2D eigenvalue weighted by Crippen LogP contribution is 2.25. The smallest absolute Gasteiger partial charge is 0.403 e. The molecule has 0 spiro atoms. The fourth-order valence-electron chi connectivity index (χ4n) is 1.84. The topological polar surface area (TPSA) is 67.2 Å². The zero-order valence-corrected chi connectivity index (χ0v) is 11.4. The number of carbonyl (C=O) groups is 1. The first kappa shape index (κ1) is 16.5. The van der Waals surface area contributed by atoms with Crippen LogP contribution in [0.15, 0.2) is 6.07 Å². The van der Waals surface area contributed by atoms with Crippen LogP contribution in [0.4, 0.5) is 13.2 Å². The van der Waals surface area contributed by atoms with Crippen LogP contribution < -0.4 is 5.32 Å². The SMILES string of the molecule is Cc1cc(C)n(CCCNCC(C(=O)O)C(F)(F)F)n1. The van der Waals surface area contributed by atoms with Gasteiger partial charge in [0.15, 0.2) is 5.92 Å². The van der Waals surface area contributed by atoms with E-state index in [-0.39, 0.29) is 0 Å². The molecule has 0 aliphatic heterocycles. The third-order valence-corrected chi connectivity index (χ3v) is 2.87. The molecule has 0 radical (unpaired) electrons. The van der Waals surface area contributed by atoms with E-state index < -0.39 is 24.6 Å². The first-order valence-electron chi connectivity index (χ1n) is 6.23. The van der Waals surface area contributed by atoms with Crippen LogP contribution in [-0.4, -0.2) is 40.1 Å². The van der Waals surface area contributed by atoms with Gasteiger partial charge in [0.2, 0.25) is 0 Å². The van der Waals surface area contributed by atoms with Crippen LogP contribution in [0.5, 0.6) is 0 Å². The minimum absolute atomic E-state index is 0.304. The van der Waals surface area contributed by atoms with Gasteiger partial charge in [-0.05, 0) is 32.9 Å². The highest BCUT2D eigenvalue weighted by atomic mass is 19.4. The summed E-state index contributed by atoms with van der Waals surface area (Å²) >= 11 is 0. The van der Waals surface area contributed by atoms with Gasteiger partial charge in [-0.3, -0.25) is 9.48 Å². The Bertz CT molecular complexity index is 457. The summed E-state index contributed by atoms with van der Waals surface area (Å²) in [6.45, 7) is 4.03. The Morgan fingerprint density at radius 1 is 1.50 bits per heavy atom. The van der Waals surface area contributed by atoms with E-state index in [1.54, 1.807) is 4.68 Å². The van der Waals surface area contributed by atoms with Gasteiger partial charge in [-0.25, -0.2) is 0 Å². The van der Waals surface area contributed by atoms with E-state index in [2.05, 4.69) is 10.4 Å². The van der Waals surface area contributed by atoms with Crippen molar-refractivity contribution in [3.05, 3.63) is 17.5 Å². The Morgan fingerprint density at radius 2 is 2.15 bits per heavy atom. The van der Waals surface area contributed by atoms with Crippen molar-refractivity contribution in [1.29, 1.82) is 0 Å². The Kier molecular flexibility index (Phi) is 5.55. The van der Waals surface area contributed by atoms with E-state index in [0.717, 1.165) is 11.4 Å². The lowest BCUT2D eigenvalue weighted by Crippen LogP contribution is -2.39. The molecule has 5 nitrogen and oxygen atoms in total. The third kappa shape index (κ3) is 4.84. The van der Waals surface area contributed by atoms with Crippen molar-refractivity contribution in [2.24, 2.45) is 5.92 Å². The maximum atomic E-state index is 12.4. The molecular formula is C12H18F3N3O2. The Morgan fingerprint density at radius 3 is 2.60 bits per heavy atom. The number of nitrogens with zero attached hydrogens (tertiary/aromatic N) is 2. The summed E-state index contributed by atoms with van der Waals surface area (Å²) < 4.78 is 38.9. The second kappa shape index (κ2) is 6.74. The summed E-state index contributed by atoms with van der Waals surface area (Å²) in [6, 6.07) is 1.91. The second-order valence-corrected chi connectivity index (χ2v) is 4.64. The lowest BCUT2D eigenvalue weighted by molar-refractivity contribution is -0.192. The van der Waals surface area contributed by atoms with Crippen molar-refractivity contribution in [2.45, 2.75) is 33.0 Å². The molecule has 0 saturated carbocycles. The van der Waals surface area contributed by atoms with Crippen molar-refractivity contribution in [2.75, 3.05) is 13.1 Å². The van der Waals surface area contributed by atoms with Gasteiger partial charge in [0.1, 0.15) is 0 Å². The molecule has 0 saturated heterocycles. The number of hydrogen-bond acceptors (Lipinski definition) is 3. The summed E-state index contributed by atoms with van der Waals surface area (Å²) in [4.78, 5) is 10.5. The van der Waals surface area contributed by atoms with Crippen LogP contribution in [0.2, 0.25) is 0 Å². The predicted octanol–water partition coefficient (Wildman–Crippen LogP) is 1.74. The maximum absolute atomic E-state index is 12.4. The van der Waals surface area contributed by atoms with Crippen molar-refractivity contribution in [3.63, 3.8) is 0 Å². The Balaban J connectivity index is 2.31. The molecule has 114 valence electrons. The van der Waals surface area contributed by atoms with Gasteiger partial charge in [0.05, 0.1) is 5.69 Å². The Labute approximate surface area is 114 Å². The molecule has 1 aromatic rings. The first-order chi connectivity index (χ1) is 9.21. The molecule has 1 aromatic heterocycles. The van der Waals surface area contributed by atoms with Crippen LogP contribution in [0.1, 0.15) is 17.8 Å². The van der Waals surface area contributed by atoms with E-state index in [4.69, 9.17) is 5.11 Å². The molecule has 1 unspecified atom stereocenters. The molecule has 1 rings (SSSR count). The van der Waals surface area contributed by atoms with Gasteiger partial charge in [0.25, 0.3) is 0 Å². The molecule has 0 amide bonds. The fraction of sp³-hybridized carbons (Fsp3) is 0.667. The molecule has 20 heavy (non-hydrogen) atoms. The number of alkyl halides is 3. The molecule has 0 bridgehead atoms. The highest BCUT2D eigenvalue weighted by molar-refractivity contribution is 5.71. The zero-order valence-electron chi connectivity index (χ0n) is 11.4. The van der Waals surface area contributed by atoms with Crippen molar-refractivity contribution >= 4 is 5.97 Å². The van der Waals surface area contributed by atoms with Crippen molar-refractivity contribution in [3.8, 4) is 0 Å². The minimum atomic E-state index is -4.73. The number of halogens is 3. The summed E-state index contributed by atoms with van der Waals surface area (Å²) in [5.74, 6) is -4.22. The van der Waals surface area contributed by atoms with E-state index >= 15 is 0 Å². The van der Waals surface area contributed by atoms with Gasteiger partial charge < -0.3 is 10.4 Å². The first-order valence-corrected chi connectivity index (χ1v) is 6.23. The molecule has 0 fully saturated rings. The monoisotopic (exact) mass is 293 g/mol. The van der Waals surface area contributed by atoms with E-state index in [0.29, 0.717) is 19.5 Å². The maximum Gasteiger partial charge on any atom is 0.403 e. The van der Waals surface area contributed by atoms with Gasteiger partial charge >= 0.3 is 12.1 Å². The molecular weight excluding hydrogens is 275 g/mol. The van der Waals surface area contributed by atoms with E-state index in [1.807, 2.05) is 19.9 Å². The molecule has 8 heteroatoms. The number of rotatable bonds is 7. The van der Waals surface area contributed by atoms with Crippen LogP contribution >= 0.6 is 0 Å². The van der Waals surface area contributed by atoms with Crippen LogP contribution in [0.25, 0.3) is 0 Å². The Hall–Kier alpha value is -1.57. The lowest BCUT2D eigenvalue weighted by atomic mass is 10.1. The summed E-state index contributed by atoms with van der Waals surface area (Å²) in [7, 11) is 0. The zero-order chi connectivity index (χ0) is 15.3. The van der Waals surface area contributed by atoms with Crippen molar-refractivity contribution < 1.29 is 23.1 Å². The molecule has 1 atom stereocenters. The number of carboxylic acid groups (broad SMARTS) is 1. The van der Waals surface area contributed by atoms with Gasteiger partial charge in [-0.2, -0.15) is 18.3 Å². The number of carboxylic acids is 1. The third-order valence-electron chi connectivity index (χ3n) is 2.87. The second-order valence-electron chi connectivity index (χ2n) is 4.64. The average molecular weight is 293 g/mol. The average Bonchev–Trinajstić information content (AvgIpc) is 2.60. The normalized spacial score (nSPS) is 13.4. The lowest BCUT2D eigenvalue weighted by Gasteiger charge is -2.16. The van der Waals surface area contributed by atoms with Gasteiger partial charge in [-0.1, -0.05) is 0 Å². The molecule has 0 aliphatic rings. The summed E-state index contributed by atoms with van der Waals surface area (Å²) in [6.07, 6.45) is -4.15. The van der Waals surface area contributed by atoms with Crippen molar-refractivity contribution in [1.82, 2.24) is 15.1 Å². The number of aromatic nitrogens is 2. The standard InChI is InChI=1S/C12H18F3N3O2/c1-8-6-9(2)18(17-8)5-3-4-16-7-10(11(19)20)12(13,14)15/h6,10,16H,3-5,7H2,1-2H3,(H,19,20). The van der Waals surface area contributed by atoms with Gasteiger partial charge in [-0.15, -0.1) is 0 Å². The summed E-state index contributed by atoms with van der Waals surface area (Å²) in [5, 5.41) is 15.3. The van der Waals surface area contributed by atoms with Crippen LogP contribution in [-0.2, 0) is 11.3 Å². The predicted molar refractivity (Wildman–Crippen MR) is 66.4 cm³/mol. The van der Waals surface area contributed by atoms with E-state index in [9.17, 15) is 18.0 Å². The molecule has 2 N–H and O–H groups in total. The molecule has 0 aromatic carbocycles. The quantitative estimate of drug-likeness (QED) is 0.752. The number of nitrogens with one attached hydrogen (secondary N) is 1. The number of hydrogen-bond donors (Lipinski definition) is 2. The molecule has 1 heterocycles. The highest BCUT2D eigenvalue weighted by Gasteiger charge is 2.44. The molecule has 0 aliphatic carbocycles. The number of aryl methyl sites for hydroxylation is 3. The largest absolute Gasteiger partial charge is 0.481 e. The minimum Gasteiger partial charge on any atom is -0.481 e. The van der Waals surface area contributed by atoms with Crippen LogP contribution in [0, 0.1) is 19.8 Å². The summed E-state index contributed by atoms with van der Waals surface area (Å²) in [5.41, 5.74) is 1.87.